The summed E-state index contributed by atoms with van der Waals surface area (Å²) in [6, 6.07) is 5.05. The minimum atomic E-state index is -0.394. The number of nitrogens with one attached hydrogen (secondary N) is 1. The maximum atomic E-state index is 12.3. The summed E-state index contributed by atoms with van der Waals surface area (Å²) in [5.74, 6) is 0.413. The highest BCUT2D eigenvalue weighted by Gasteiger charge is 2.20. The Balaban J connectivity index is 1.96. The molecule has 2 heterocycles. The van der Waals surface area contributed by atoms with Crippen LogP contribution in [0.15, 0.2) is 24.5 Å². The lowest BCUT2D eigenvalue weighted by molar-refractivity contribution is 0.0393. The van der Waals surface area contributed by atoms with Gasteiger partial charge in [0, 0.05) is 12.8 Å². The Labute approximate surface area is 154 Å². The number of carbonyl (C=O) groups excluding carboxylic acids is 1. The molecule has 0 amide bonds. The summed E-state index contributed by atoms with van der Waals surface area (Å²) in [6.07, 6.45) is 1.45. The fourth-order valence-corrected chi connectivity index (χ4v) is 3.60. The molecule has 0 atom stereocenters. The highest BCUT2D eigenvalue weighted by molar-refractivity contribution is 7.20. The number of hydrogen-bond donors (Lipinski definition) is 2. The molecule has 8 heteroatoms. The summed E-state index contributed by atoms with van der Waals surface area (Å²) >= 11 is 1.27. The van der Waals surface area contributed by atoms with E-state index in [1.54, 1.807) is 25.3 Å². The number of fused-ring (bicyclic) bond motifs is 1. The van der Waals surface area contributed by atoms with E-state index in [9.17, 15) is 9.90 Å². The van der Waals surface area contributed by atoms with Crippen LogP contribution in [-0.4, -0.2) is 41.4 Å². The van der Waals surface area contributed by atoms with Crippen molar-refractivity contribution in [2.24, 2.45) is 0 Å². The molecule has 2 aromatic heterocycles. The lowest BCUT2D eigenvalue weighted by atomic mass is 10.1. The third kappa shape index (κ3) is 3.61. The second kappa shape index (κ2) is 7.67. The number of carbonyl (C=O) groups is 1. The highest BCUT2D eigenvalue weighted by atomic mass is 32.1. The SMILES string of the molecule is COCCOC(=O)c1sc2ncnc(Nc3ccc(O)cc3C)c2c1C. The molecule has 0 aliphatic carbocycles. The Kier molecular flexibility index (Phi) is 5.34. The fraction of sp³-hybridized carbons (Fsp3) is 0.278. The van der Waals surface area contributed by atoms with Gasteiger partial charge in [-0.2, -0.15) is 0 Å². The van der Waals surface area contributed by atoms with E-state index in [0.29, 0.717) is 22.1 Å². The number of esters is 1. The van der Waals surface area contributed by atoms with E-state index in [-0.39, 0.29) is 12.4 Å². The predicted octanol–water partition coefficient (Wildman–Crippen LogP) is 3.56. The molecule has 0 aliphatic heterocycles. The van der Waals surface area contributed by atoms with E-state index < -0.39 is 5.97 Å². The first-order valence-corrected chi connectivity index (χ1v) is 8.79. The van der Waals surface area contributed by atoms with Crippen LogP contribution in [-0.2, 0) is 9.47 Å². The molecule has 7 nitrogen and oxygen atoms in total. The third-order valence-electron chi connectivity index (χ3n) is 3.90. The van der Waals surface area contributed by atoms with Crippen molar-refractivity contribution in [3.63, 3.8) is 0 Å². The number of anilines is 2. The zero-order chi connectivity index (χ0) is 18.7. The first kappa shape index (κ1) is 18.1. The van der Waals surface area contributed by atoms with Crippen LogP contribution in [0.2, 0.25) is 0 Å². The number of hydrogen-bond acceptors (Lipinski definition) is 8. The first-order chi connectivity index (χ1) is 12.5. The number of aromatic nitrogens is 2. The van der Waals surface area contributed by atoms with Crippen LogP contribution in [0.4, 0.5) is 11.5 Å². The molecule has 3 rings (SSSR count). The van der Waals surface area contributed by atoms with Crippen molar-refractivity contribution in [3.8, 4) is 5.75 Å². The topological polar surface area (TPSA) is 93.6 Å². The molecule has 0 spiro atoms. The normalized spacial score (nSPS) is 10.9. The van der Waals surface area contributed by atoms with Crippen LogP contribution < -0.4 is 5.32 Å². The van der Waals surface area contributed by atoms with Gasteiger partial charge in [0.25, 0.3) is 0 Å². The summed E-state index contributed by atoms with van der Waals surface area (Å²) in [4.78, 5) is 22.1. The first-order valence-electron chi connectivity index (χ1n) is 7.98. The molecule has 0 saturated carbocycles. The average Bonchev–Trinajstić information content (AvgIpc) is 2.95. The number of rotatable bonds is 6. The molecule has 2 N–H and O–H groups in total. The standard InChI is InChI=1S/C18H19N3O4S/c1-10-8-12(22)4-5-13(10)21-16-14-11(2)15(18(23)25-7-6-24-3)26-17(14)20-9-19-16/h4-5,8-9,22H,6-7H2,1-3H3,(H,19,20,21). The van der Waals surface area contributed by atoms with Gasteiger partial charge in [-0.3, -0.25) is 0 Å². The number of phenolic OH excluding ortho intramolecular Hbond substituents is 1. The highest BCUT2D eigenvalue weighted by Crippen LogP contribution is 2.35. The quantitative estimate of drug-likeness (QED) is 0.388. The Morgan fingerprint density at radius 3 is 2.81 bits per heavy atom. The number of thiophene rings is 1. The molecule has 1 aromatic carbocycles. The van der Waals surface area contributed by atoms with Crippen molar-refractivity contribution >= 4 is 39.0 Å². The zero-order valence-electron chi connectivity index (χ0n) is 14.7. The number of phenols is 1. The second-order valence-electron chi connectivity index (χ2n) is 5.71. The van der Waals surface area contributed by atoms with E-state index in [1.807, 2.05) is 13.8 Å². The van der Waals surface area contributed by atoms with Crippen LogP contribution >= 0.6 is 11.3 Å². The van der Waals surface area contributed by atoms with Crippen molar-refractivity contribution in [2.75, 3.05) is 25.6 Å². The number of benzene rings is 1. The van der Waals surface area contributed by atoms with Crippen LogP contribution in [0.5, 0.6) is 5.75 Å². The van der Waals surface area contributed by atoms with Crippen LogP contribution in [0, 0.1) is 13.8 Å². The van der Waals surface area contributed by atoms with Gasteiger partial charge in [0.2, 0.25) is 0 Å². The minimum Gasteiger partial charge on any atom is -0.508 e. The monoisotopic (exact) mass is 373 g/mol. The van der Waals surface area contributed by atoms with Gasteiger partial charge >= 0.3 is 5.97 Å². The van der Waals surface area contributed by atoms with E-state index in [1.165, 1.54) is 17.7 Å². The van der Waals surface area contributed by atoms with Crippen LogP contribution in [0.25, 0.3) is 10.2 Å². The maximum Gasteiger partial charge on any atom is 0.348 e. The van der Waals surface area contributed by atoms with Crippen molar-refractivity contribution in [3.05, 3.63) is 40.5 Å². The summed E-state index contributed by atoms with van der Waals surface area (Å²) in [6.45, 7) is 4.29. The summed E-state index contributed by atoms with van der Waals surface area (Å²) in [5, 5.41) is 13.6. The molecular formula is C18H19N3O4S. The summed E-state index contributed by atoms with van der Waals surface area (Å²) in [7, 11) is 1.55. The van der Waals surface area contributed by atoms with Gasteiger partial charge in [-0.25, -0.2) is 14.8 Å². The number of nitrogens with zero attached hydrogens (tertiary/aromatic N) is 2. The van der Waals surface area contributed by atoms with E-state index >= 15 is 0 Å². The molecular weight excluding hydrogens is 354 g/mol. The summed E-state index contributed by atoms with van der Waals surface area (Å²) in [5.41, 5.74) is 2.47. The maximum absolute atomic E-state index is 12.3. The van der Waals surface area contributed by atoms with Crippen LogP contribution in [0.3, 0.4) is 0 Å². The molecule has 0 radical (unpaired) electrons. The van der Waals surface area contributed by atoms with E-state index in [4.69, 9.17) is 9.47 Å². The number of aromatic hydroxyl groups is 1. The van der Waals surface area contributed by atoms with Crippen LogP contribution in [0.1, 0.15) is 20.8 Å². The molecule has 136 valence electrons. The van der Waals surface area contributed by atoms with Gasteiger partial charge < -0.3 is 19.9 Å². The molecule has 0 saturated heterocycles. The average molecular weight is 373 g/mol. The molecule has 0 bridgehead atoms. The van der Waals surface area contributed by atoms with Gasteiger partial charge in [-0.05, 0) is 43.2 Å². The smallest absolute Gasteiger partial charge is 0.348 e. The van der Waals surface area contributed by atoms with E-state index in [2.05, 4.69) is 15.3 Å². The lowest BCUT2D eigenvalue weighted by Gasteiger charge is -2.10. The molecule has 0 fully saturated rings. The Morgan fingerprint density at radius 2 is 2.08 bits per heavy atom. The van der Waals surface area contributed by atoms with Gasteiger partial charge in [-0.1, -0.05) is 0 Å². The fourth-order valence-electron chi connectivity index (χ4n) is 2.56. The Bertz CT molecular complexity index is 955. The molecule has 26 heavy (non-hydrogen) atoms. The Morgan fingerprint density at radius 1 is 1.27 bits per heavy atom. The summed E-state index contributed by atoms with van der Waals surface area (Å²) < 4.78 is 10.1. The second-order valence-corrected chi connectivity index (χ2v) is 6.71. The van der Waals surface area contributed by atoms with Crippen molar-refractivity contribution in [2.45, 2.75) is 13.8 Å². The van der Waals surface area contributed by atoms with Gasteiger partial charge in [-0.15, -0.1) is 11.3 Å². The van der Waals surface area contributed by atoms with Crippen molar-refractivity contribution < 1.29 is 19.4 Å². The molecule has 3 aromatic rings. The Hall–Kier alpha value is -2.71. The zero-order valence-corrected chi connectivity index (χ0v) is 15.5. The van der Waals surface area contributed by atoms with Crippen molar-refractivity contribution in [1.29, 1.82) is 0 Å². The van der Waals surface area contributed by atoms with Crippen molar-refractivity contribution in [1.82, 2.24) is 9.97 Å². The van der Waals surface area contributed by atoms with Gasteiger partial charge in [0.15, 0.2) is 0 Å². The minimum absolute atomic E-state index is 0.201. The number of ether oxygens (including phenoxy) is 2. The van der Waals surface area contributed by atoms with Gasteiger partial charge in [0.05, 0.1) is 12.0 Å². The number of aryl methyl sites for hydroxylation is 2. The molecule has 0 aliphatic rings. The largest absolute Gasteiger partial charge is 0.508 e. The lowest BCUT2D eigenvalue weighted by Crippen LogP contribution is -2.09. The predicted molar refractivity (Wildman–Crippen MR) is 100 cm³/mol. The molecule has 0 unspecified atom stereocenters. The number of methoxy groups -OCH3 is 1. The van der Waals surface area contributed by atoms with Gasteiger partial charge in [0.1, 0.15) is 34.2 Å². The van der Waals surface area contributed by atoms with E-state index in [0.717, 1.165) is 22.2 Å². The third-order valence-corrected chi connectivity index (χ3v) is 5.08.